The van der Waals surface area contributed by atoms with Gasteiger partial charge in [-0.1, -0.05) is 26.0 Å². The van der Waals surface area contributed by atoms with Crippen molar-refractivity contribution >= 4 is 12.2 Å². The minimum Gasteiger partial charge on any atom is -0.337 e. The third kappa shape index (κ3) is 2.05. The van der Waals surface area contributed by atoms with E-state index in [1.807, 2.05) is 12.3 Å². The smallest absolute Gasteiger partial charge is 0.182 e. The summed E-state index contributed by atoms with van der Waals surface area (Å²) in [4.78, 5) is 2.97. The van der Waals surface area contributed by atoms with Crippen LogP contribution in [0.4, 0.5) is 4.39 Å². The predicted molar refractivity (Wildman–Crippen MR) is 69.7 cm³/mol. The number of hydrogen-bond donors (Lipinski definition) is 1. The minimum absolute atomic E-state index is 0.217. The largest absolute Gasteiger partial charge is 0.337 e. The number of aryl methyl sites for hydroxylation is 1. The van der Waals surface area contributed by atoms with Gasteiger partial charge in [-0.25, -0.2) is 4.39 Å². The molecule has 0 atom stereocenters. The van der Waals surface area contributed by atoms with Crippen molar-refractivity contribution in [3.05, 3.63) is 46.2 Å². The number of nitrogens with one attached hydrogen (secondary N) is 1. The monoisotopic (exact) mass is 250 g/mol. The van der Waals surface area contributed by atoms with Gasteiger partial charge in [0.1, 0.15) is 5.82 Å². The first-order valence-corrected chi connectivity index (χ1v) is 5.99. The number of halogens is 1. The maximum Gasteiger partial charge on any atom is 0.182 e. The number of rotatable bonds is 2. The second-order valence-electron chi connectivity index (χ2n) is 4.42. The molecular formula is C13H15FN2S. The lowest BCUT2D eigenvalue weighted by atomic mass is 10.1. The lowest BCUT2D eigenvalue weighted by Gasteiger charge is -2.12. The summed E-state index contributed by atoms with van der Waals surface area (Å²) in [5, 5.41) is 0. The van der Waals surface area contributed by atoms with Gasteiger partial charge in [0.2, 0.25) is 0 Å². The summed E-state index contributed by atoms with van der Waals surface area (Å²) in [5.41, 5.74) is 2.12. The van der Waals surface area contributed by atoms with Crippen LogP contribution in [0.25, 0.3) is 5.69 Å². The van der Waals surface area contributed by atoms with Crippen LogP contribution in [0.15, 0.2) is 24.4 Å². The molecule has 0 radical (unpaired) electrons. The highest BCUT2D eigenvalue weighted by atomic mass is 32.1. The molecule has 0 aliphatic heterocycles. The number of aromatic amines is 1. The van der Waals surface area contributed by atoms with Crippen LogP contribution >= 0.6 is 12.2 Å². The molecule has 17 heavy (non-hydrogen) atoms. The first-order valence-electron chi connectivity index (χ1n) is 5.58. The average Bonchev–Trinajstić information content (AvgIpc) is 2.65. The molecule has 1 aromatic heterocycles. The Morgan fingerprint density at radius 1 is 1.35 bits per heavy atom. The van der Waals surface area contributed by atoms with Gasteiger partial charge in [0.25, 0.3) is 0 Å². The van der Waals surface area contributed by atoms with Crippen LogP contribution in [0.1, 0.15) is 31.0 Å². The van der Waals surface area contributed by atoms with Crippen LogP contribution in [0.5, 0.6) is 0 Å². The molecule has 0 bridgehead atoms. The summed E-state index contributed by atoms with van der Waals surface area (Å²) in [6.45, 7) is 5.87. The van der Waals surface area contributed by atoms with E-state index in [-0.39, 0.29) is 11.7 Å². The zero-order chi connectivity index (χ0) is 12.6. The summed E-state index contributed by atoms with van der Waals surface area (Å²) >= 11 is 5.22. The molecule has 0 unspecified atom stereocenters. The zero-order valence-corrected chi connectivity index (χ0v) is 10.9. The Morgan fingerprint density at radius 3 is 2.71 bits per heavy atom. The number of aromatic nitrogens is 2. The minimum atomic E-state index is -0.217. The molecule has 1 aromatic carbocycles. The number of imidazole rings is 1. The summed E-state index contributed by atoms with van der Waals surface area (Å²) in [6, 6.07) is 5.34. The van der Waals surface area contributed by atoms with Crippen molar-refractivity contribution in [1.82, 2.24) is 9.55 Å². The van der Waals surface area contributed by atoms with E-state index in [2.05, 4.69) is 18.8 Å². The lowest BCUT2D eigenvalue weighted by Crippen LogP contribution is -2.05. The SMILES string of the molecule is Cc1cccc(-n2c(C(C)C)c[nH]c2=S)c1F. The fourth-order valence-corrected chi connectivity index (χ4v) is 2.12. The molecule has 0 fully saturated rings. The number of nitrogens with zero attached hydrogens (tertiary/aromatic N) is 1. The van der Waals surface area contributed by atoms with Gasteiger partial charge in [-0.05, 0) is 36.7 Å². The van der Waals surface area contributed by atoms with Gasteiger partial charge in [0.15, 0.2) is 4.77 Å². The number of hydrogen-bond acceptors (Lipinski definition) is 1. The van der Waals surface area contributed by atoms with Crippen molar-refractivity contribution in [1.29, 1.82) is 0 Å². The topological polar surface area (TPSA) is 20.7 Å². The van der Waals surface area contributed by atoms with Crippen molar-refractivity contribution < 1.29 is 4.39 Å². The molecule has 90 valence electrons. The van der Waals surface area contributed by atoms with Crippen molar-refractivity contribution in [2.75, 3.05) is 0 Å². The molecule has 2 nitrogen and oxygen atoms in total. The fraction of sp³-hybridized carbons (Fsp3) is 0.308. The molecule has 0 amide bonds. The van der Waals surface area contributed by atoms with E-state index in [0.29, 0.717) is 16.0 Å². The van der Waals surface area contributed by atoms with Crippen LogP contribution in [0.2, 0.25) is 0 Å². The number of H-pyrrole nitrogens is 1. The highest BCUT2D eigenvalue weighted by molar-refractivity contribution is 7.71. The molecule has 1 heterocycles. The Kier molecular flexibility index (Phi) is 3.15. The molecule has 0 aliphatic rings. The summed E-state index contributed by atoms with van der Waals surface area (Å²) in [5.74, 6) is 0.0629. The van der Waals surface area contributed by atoms with Crippen LogP contribution in [0.3, 0.4) is 0 Å². The van der Waals surface area contributed by atoms with E-state index in [1.54, 1.807) is 23.6 Å². The quantitative estimate of drug-likeness (QED) is 0.796. The van der Waals surface area contributed by atoms with Gasteiger partial charge in [-0.2, -0.15) is 0 Å². The van der Waals surface area contributed by atoms with Crippen LogP contribution < -0.4 is 0 Å². The molecule has 4 heteroatoms. The van der Waals surface area contributed by atoms with E-state index >= 15 is 0 Å². The third-order valence-electron chi connectivity index (χ3n) is 2.81. The molecule has 0 aliphatic carbocycles. The second kappa shape index (κ2) is 4.45. The van der Waals surface area contributed by atoms with Gasteiger partial charge < -0.3 is 4.98 Å². The van der Waals surface area contributed by atoms with Crippen LogP contribution in [-0.2, 0) is 0 Å². The van der Waals surface area contributed by atoms with Crippen molar-refractivity contribution in [3.63, 3.8) is 0 Å². The van der Waals surface area contributed by atoms with Crippen molar-refractivity contribution in [3.8, 4) is 5.69 Å². The summed E-state index contributed by atoms with van der Waals surface area (Å²) in [6.07, 6.45) is 1.84. The molecule has 2 rings (SSSR count). The molecule has 2 aromatic rings. The maximum absolute atomic E-state index is 14.1. The molecule has 0 spiro atoms. The Bertz CT molecular complexity index is 596. The van der Waals surface area contributed by atoms with Gasteiger partial charge in [-0.3, -0.25) is 4.57 Å². The molecule has 0 saturated heterocycles. The highest BCUT2D eigenvalue weighted by Gasteiger charge is 2.13. The Labute approximate surface area is 105 Å². The first-order chi connectivity index (χ1) is 8.02. The Hall–Kier alpha value is -1.42. The normalized spacial score (nSPS) is 11.1. The highest BCUT2D eigenvalue weighted by Crippen LogP contribution is 2.23. The number of benzene rings is 1. The van der Waals surface area contributed by atoms with Crippen molar-refractivity contribution in [2.45, 2.75) is 26.7 Å². The van der Waals surface area contributed by atoms with Gasteiger partial charge in [-0.15, -0.1) is 0 Å². The van der Waals surface area contributed by atoms with Crippen molar-refractivity contribution in [2.24, 2.45) is 0 Å². The first kappa shape index (κ1) is 12.0. The van der Waals surface area contributed by atoms with Crippen LogP contribution in [0, 0.1) is 17.5 Å². The lowest BCUT2D eigenvalue weighted by molar-refractivity contribution is 0.604. The molecular weight excluding hydrogens is 235 g/mol. The Balaban J connectivity index is 2.72. The molecule has 1 N–H and O–H groups in total. The van der Waals surface area contributed by atoms with E-state index in [1.165, 1.54) is 0 Å². The van der Waals surface area contributed by atoms with Gasteiger partial charge >= 0.3 is 0 Å². The fourth-order valence-electron chi connectivity index (χ4n) is 1.86. The van der Waals surface area contributed by atoms with E-state index < -0.39 is 0 Å². The Morgan fingerprint density at radius 2 is 2.06 bits per heavy atom. The standard InChI is InChI=1S/C13H15FN2S/c1-8(2)11-7-15-13(17)16(11)10-6-4-5-9(3)12(10)14/h4-8H,1-3H3,(H,15,17). The molecule has 0 saturated carbocycles. The average molecular weight is 250 g/mol. The van der Waals surface area contributed by atoms with E-state index in [9.17, 15) is 4.39 Å². The van der Waals surface area contributed by atoms with Crippen LogP contribution in [-0.4, -0.2) is 9.55 Å². The third-order valence-corrected chi connectivity index (χ3v) is 3.11. The van der Waals surface area contributed by atoms with Gasteiger partial charge in [0, 0.05) is 11.9 Å². The van der Waals surface area contributed by atoms with E-state index in [0.717, 1.165) is 5.69 Å². The maximum atomic E-state index is 14.1. The predicted octanol–water partition coefficient (Wildman–Crippen LogP) is 4.11. The zero-order valence-electron chi connectivity index (χ0n) is 10.1. The summed E-state index contributed by atoms with van der Waals surface area (Å²) in [7, 11) is 0. The summed E-state index contributed by atoms with van der Waals surface area (Å²) < 4.78 is 16.4. The van der Waals surface area contributed by atoms with E-state index in [4.69, 9.17) is 12.2 Å². The van der Waals surface area contributed by atoms with Gasteiger partial charge in [0.05, 0.1) is 5.69 Å². The second-order valence-corrected chi connectivity index (χ2v) is 4.80.